The molecule has 5 rings (SSSR count). The van der Waals surface area contributed by atoms with Crippen LogP contribution in [-0.2, 0) is 0 Å². The first-order valence-electron chi connectivity index (χ1n) is 9.57. The van der Waals surface area contributed by atoms with Gasteiger partial charge in [0.2, 0.25) is 0 Å². The summed E-state index contributed by atoms with van der Waals surface area (Å²) in [5.74, 6) is -0.352. The summed E-state index contributed by atoms with van der Waals surface area (Å²) in [7, 11) is 0. The molecule has 0 unspecified atom stereocenters. The number of aromatic nitrogens is 5. The molecule has 4 aromatic heterocycles. The predicted octanol–water partition coefficient (Wildman–Crippen LogP) is 4.90. The van der Waals surface area contributed by atoms with E-state index in [9.17, 15) is 9.18 Å². The average Bonchev–Trinajstić information content (AvgIpc) is 3.20. The van der Waals surface area contributed by atoms with E-state index < -0.39 is 0 Å². The zero-order valence-corrected chi connectivity index (χ0v) is 17.2. The standard InChI is InChI=1S/C23H14ClFN6O/c24-18-8-5-16(13-27-18)23(32)29-19-12-15(9-11-26-19)22-21(14-3-6-17(25)7-4-14)30-20-2-1-10-28-31(20)22/h1-13H,(H,26,29,32). The van der Waals surface area contributed by atoms with Gasteiger partial charge >= 0.3 is 0 Å². The molecule has 0 aliphatic rings. The molecule has 0 atom stereocenters. The first-order chi connectivity index (χ1) is 15.6. The molecule has 1 aromatic carbocycles. The monoisotopic (exact) mass is 444 g/mol. The molecule has 0 radical (unpaired) electrons. The van der Waals surface area contributed by atoms with Gasteiger partial charge in [-0.2, -0.15) is 5.10 Å². The van der Waals surface area contributed by atoms with Gasteiger partial charge in [-0.15, -0.1) is 0 Å². The molecule has 32 heavy (non-hydrogen) atoms. The van der Waals surface area contributed by atoms with Crippen LogP contribution >= 0.6 is 11.6 Å². The second-order valence-electron chi connectivity index (χ2n) is 6.86. The summed E-state index contributed by atoms with van der Waals surface area (Å²) in [5.41, 5.74) is 3.78. The number of nitrogens with one attached hydrogen (secondary N) is 1. The molecule has 7 nitrogen and oxygen atoms in total. The van der Waals surface area contributed by atoms with E-state index in [1.165, 1.54) is 18.3 Å². The van der Waals surface area contributed by atoms with Crippen LogP contribution in [0.5, 0.6) is 0 Å². The number of fused-ring (bicyclic) bond motifs is 1. The van der Waals surface area contributed by atoms with Gasteiger partial charge in [0, 0.05) is 29.7 Å². The Kier molecular flexibility index (Phi) is 5.04. The van der Waals surface area contributed by atoms with Crippen molar-refractivity contribution in [1.29, 1.82) is 0 Å². The lowest BCUT2D eigenvalue weighted by Crippen LogP contribution is -2.13. The van der Waals surface area contributed by atoms with Gasteiger partial charge in [-0.3, -0.25) is 4.79 Å². The van der Waals surface area contributed by atoms with Crippen molar-refractivity contribution in [2.75, 3.05) is 5.32 Å². The molecule has 0 saturated heterocycles. The fraction of sp³-hybridized carbons (Fsp3) is 0. The van der Waals surface area contributed by atoms with Crippen molar-refractivity contribution in [3.8, 4) is 22.5 Å². The van der Waals surface area contributed by atoms with Crippen LogP contribution in [0.1, 0.15) is 10.4 Å². The van der Waals surface area contributed by atoms with Crippen molar-refractivity contribution in [3.05, 3.63) is 95.8 Å². The number of hydrogen-bond donors (Lipinski definition) is 1. The molecule has 0 bridgehead atoms. The molecule has 4 heterocycles. The van der Waals surface area contributed by atoms with E-state index in [-0.39, 0.29) is 11.7 Å². The minimum atomic E-state index is -0.367. The third-order valence-electron chi connectivity index (χ3n) is 4.78. The van der Waals surface area contributed by atoms with Gasteiger partial charge in [-0.1, -0.05) is 11.6 Å². The first-order valence-corrected chi connectivity index (χ1v) is 9.95. The first kappa shape index (κ1) is 19.8. The van der Waals surface area contributed by atoms with Gasteiger partial charge < -0.3 is 5.32 Å². The lowest BCUT2D eigenvalue weighted by Gasteiger charge is -2.08. The summed E-state index contributed by atoms with van der Waals surface area (Å²) in [6.07, 6.45) is 4.63. The van der Waals surface area contributed by atoms with Crippen LogP contribution in [0.2, 0.25) is 5.15 Å². The van der Waals surface area contributed by atoms with Crippen molar-refractivity contribution >= 4 is 29.0 Å². The van der Waals surface area contributed by atoms with Gasteiger partial charge in [0.15, 0.2) is 5.65 Å². The quantitative estimate of drug-likeness (QED) is 0.398. The molecule has 9 heteroatoms. The molecule has 0 aliphatic carbocycles. The van der Waals surface area contributed by atoms with Crippen molar-refractivity contribution in [3.63, 3.8) is 0 Å². The Balaban J connectivity index is 1.57. The number of carbonyl (C=O) groups is 1. The molecule has 1 N–H and O–H groups in total. The van der Waals surface area contributed by atoms with Gasteiger partial charge in [-0.25, -0.2) is 23.9 Å². The van der Waals surface area contributed by atoms with Gasteiger partial charge in [0.05, 0.1) is 11.3 Å². The van der Waals surface area contributed by atoms with E-state index >= 15 is 0 Å². The molecular weight excluding hydrogens is 431 g/mol. The molecular formula is C23H14ClFN6O. The second-order valence-corrected chi connectivity index (χ2v) is 7.25. The normalized spacial score (nSPS) is 10.9. The maximum absolute atomic E-state index is 13.5. The lowest BCUT2D eigenvalue weighted by molar-refractivity contribution is 0.102. The Morgan fingerprint density at radius 3 is 2.59 bits per heavy atom. The number of halogens is 2. The van der Waals surface area contributed by atoms with Crippen molar-refractivity contribution in [1.82, 2.24) is 24.6 Å². The van der Waals surface area contributed by atoms with Crippen LogP contribution in [0.15, 0.2) is 79.3 Å². The highest BCUT2D eigenvalue weighted by Crippen LogP contribution is 2.33. The van der Waals surface area contributed by atoms with Crippen LogP contribution in [0.25, 0.3) is 28.2 Å². The van der Waals surface area contributed by atoms with Gasteiger partial charge in [-0.05, 0) is 60.7 Å². The third kappa shape index (κ3) is 3.79. The maximum Gasteiger partial charge on any atom is 0.258 e. The fourth-order valence-electron chi connectivity index (χ4n) is 3.30. The number of hydrogen-bond acceptors (Lipinski definition) is 5. The minimum absolute atomic E-state index is 0.301. The minimum Gasteiger partial charge on any atom is -0.306 e. The Labute approximate surface area is 186 Å². The van der Waals surface area contributed by atoms with Crippen molar-refractivity contribution < 1.29 is 9.18 Å². The summed E-state index contributed by atoms with van der Waals surface area (Å²) in [6, 6.07) is 16.4. The molecule has 156 valence electrons. The number of benzene rings is 1. The van der Waals surface area contributed by atoms with E-state index in [1.807, 2.05) is 6.07 Å². The van der Waals surface area contributed by atoms with Gasteiger partial charge in [0.1, 0.15) is 22.5 Å². The Hall–Kier alpha value is -4.17. The Morgan fingerprint density at radius 1 is 0.969 bits per heavy atom. The summed E-state index contributed by atoms with van der Waals surface area (Å²) in [6.45, 7) is 0. The zero-order chi connectivity index (χ0) is 22.1. The summed E-state index contributed by atoms with van der Waals surface area (Å²) in [5, 5.41) is 7.48. The number of rotatable bonds is 4. The number of anilines is 1. The number of imidazole rings is 1. The molecule has 1 amide bonds. The van der Waals surface area contributed by atoms with Crippen LogP contribution in [-0.4, -0.2) is 30.5 Å². The van der Waals surface area contributed by atoms with E-state index in [0.29, 0.717) is 33.6 Å². The maximum atomic E-state index is 13.5. The highest BCUT2D eigenvalue weighted by Gasteiger charge is 2.18. The summed E-state index contributed by atoms with van der Waals surface area (Å²) >= 11 is 5.79. The van der Waals surface area contributed by atoms with E-state index in [0.717, 1.165) is 11.1 Å². The smallest absolute Gasteiger partial charge is 0.258 e. The molecule has 5 aromatic rings. The lowest BCUT2D eigenvalue weighted by atomic mass is 10.1. The third-order valence-corrected chi connectivity index (χ3v) is 5.00. The summed E-state index contributed by atoms with van der Waals surface area (Å²) < 4.78 is 15.2. The SMILES string of the molecule is O=C(Nc1cc(-c2c(-c3ccc(F)cc3)nc3cccnn23)ccn1)c1ccc(Cl)nc1. The highest BCUT2D eigenvalue weighted by molar-refractivity contribution is 6.29. The van der Waals surface area contributed by atoms with E-state index in [4.69, 9.17) is 11.6 Å². The van der Waals surface area contributed by atoms with E-state index in [2.05, 4.69) is 25.4 Å². The molecule has 0 spiro atoms. The van der Waals surface area contributed by atoms with Crippen molar-refractivity contribution in [2.24, 2.45) is 0 Å². The van der Waals surface area contributed by atoms with Crippen LogP contribution < -0.4 is 5.32 Å². The average molecular weight is 445 g/mol. The predicted molar refractivity (Wildman–Crippen MR) is 119 cm³/mol. The topological polar surface area (TPSA) is 85.1 Å². The number of nitrogens with zero attached hydrogens (tertiary/aromatic N) is 5. The largest absolute Gasteiger partial charge is 0.306 e. The highest BCUT2D eigenvalue weighted by atomic mass is 35.5. The molecule has 0 saturated carbocycles. The van der Waals surface area contributed by atoms with Crippen LogP contribution in [0, 0.1) is 5.82 Å². The van der Waals surface area contributed by atoms with Crippen LogP contribution in [0.3, 0.4) is 0 Å². The fourth-order valence-corrected chi connectivity index (χ4v) is 3.41. The molecule has 0 fully saturated rings. The second kappa shape index (κ2) is 8.16. The number of carbonyl (C=O) groups excluding carboxylic acids is 1. The number of amides is 1. The Bertz CT molecular complexity index is 1430. The zero-order valence-electron chi connectivity index (χ0n) is 16.4. The number of pyridine rings is 2. The van der Waals surface area contributed by atoms with Crippen LogP contribution in [0.4, 0.5) is 10.2 Å². The van der Waals surface area contributed by atoms with E-state index in [1.54, 1.807) is 59.4 Å². The Morgan fingerprint density at radius 2 is 1.81 bits per heavy atom. The van der Waals surface area contributed by atoms with Gasteiger partial charge in [0.25, 0.3) is 5.91 Å². The summed E-state index contributed by atoms with van der Waals surface area (Å²) in [4.78, 5) is 25.4. The molecule has 0 aliphatic heterocycles. The van der Waals surface area contributed by atoms with Crippen molar-refractivity contribution in [2.45, 2.75) is 0 Å².